The van der Waals surface area contributed by atoms with E-state index in [-0.39, 0.29) is 5.76 Å². The Morgan fingerprint density at radius 3 is 2.54 bits per heavy atom. The highest BCUT2D eigenvalue weighted by atomic mass is 19.3. The van der Waals surface area contributed by atoms with Gasteiger partial charge in [-0.2, -0.15) is 0 Å². The number of nitrogens with two attached hydrogens (primary N) is 1. The Morgan fingerprint density at radius 2 is 2.15 bits per heavy atom. The van der Waals surface area contributed by atoms with Gasteiger partial charge in [-0.1, -0.05) is 0 Å². The number of furan rings is 1. The molecule has 0 amide bonds. The highest BCUT2D eigenvalue weighted by molar-refractivity contribution is 5.19. The second-order valence-electron chi connectivity index (χ2n) is 2.29. The van der Waals surface area contributed by atoms with Crippen LogP contribution in [0.1, 0.15) is 11.8 Å². The maximum atomic E-state index is 12.0. The van der Waals surface area contributed by atoms with Crippen LogP contribution in [0.5, 0.6) is 0 Å². The van der Waals surface area contributed by atoms with Gasteiger partial charge in [0, 0.05) is 0 Å². The van der Waals surface area contributed by atoms with E-state index in [0.717, 1.165) is 12.1 Å². The van der Waals surface area contributed by atoms with Gasteiger partial charge in [-0.25, -0.2) is 8.78 Å². The molecule has 0 unspecified atom stereocenters. The van der Waals surface area contributed by atoms with Crippen molar-refractivity contribution in [2.24, 2.45) is 5.73 Å². The van der Waals surface area contributed by atoms with Gasteiger partial charge in [0.1, 0.15) is 16.7 Å². The molecule has 0 radical (unpaired) electrons. The number of hydrogen-bond acceptors (Lipinski definition) is 4. The first-order chi connectivity index (χ1) is 6.02. The molecule has 13 heavy (non-hydrogen) atoms. The quantitative estimate of drug-likeness (QED) is 0.580. The van der Waals surface area contributed by atoms with Crippen LogP contribution >= 0.6 is 0 Å². The van der Waals surface area contributed by atoms with Crippen LogP contribution in [0, 0.1) is 10.1 Å². The summed E-state index contributed by atoms with van der Waals surface area (Å²) in [4.78, 5) is 9.27. The van der Waals surface area contributed by atoms with Gasteiger partial charge in [0.15, 0.2) is 0 Å². The summed E-state index contributed by atoms with van der Waals surface area (Å²) in [5.41, 5.74) is 4.98. The molecule has 0 aliphatic rings. The molecule has 0 spiro atoms. The number of hydrogen-bond donors (Lipinski definition) is 1. The topological polar surface area (TPSA) is 82.3 Å². The summed E-state index contributed by atoms with van der Waals surface area (Å²) in [6.07, 6.45) is -2.80. The fraction of sp³-hybridized carbons (Fsp3) is 0.333. The Bertz CT molecular complexity index is 313. The molecule has 5 nitrogen and oxygen atoms in total. The minimum absolute atomic E-state index is 0.290. The minimum Gasteiger partial charge on any atom is -0.404 e. The molecule has 0 saturated heterocycles. The van der Waals surface area contributed by atoms with Crippen molar-refractivity contribution in [1.29, 1.82) is 0 Å². The van der Waals surface area contributed by atoms with Gasteiger partial charge >= 0.3 is 5.88 Å². The molecule has 1 aromatic heterocycles. The maximum Gasteiger partial charge on any atom is 0.433 e. The number of rotatable bonds is 3. The second kappa shape index (κ2) is 3.48. The maximum absolute atomic E-state index is 12.0. The molecular weight excluding hydrogens is 186 g/mol. The predicted molar refractivity (Wildman–Crippen MR) is 38.3 cm³/mol. The van der Waals surface area contributed by atoms with Gasteiger partial charge in [-0.05, 0) is 6.07 Å². The first kappa shape index (κ1) is 9.59. The summed E-state index contributed by atoms with van der Waals surface area (Å²) in [5.74, 6) is -0.882. The van der Waals surface area contributed by atoms with Crippen molar-refractivity contribution in [3.8, 4) is 0 Å². The van der Waals surface area contributed by atoms with Gasteiger partial charge in [0.25, 0.3) is 6.43 Å². The van der Waals surface area contributed by atoms with E-state index in [2.05, 4.69) is 4.42 Å². The van der Waals surface area contributed by atoms with Gasteiger partial charge < -0.3 is 10.2 Å². The average Bonchev–Trinajstić information content (AvgIpc) is 2.50. The lowest BCUT2D eigenvalue weighted by molar-refractivity contribution is -0.402. The molecule has 1 atom stereocenters. The number of halogens is 2. The summed E-state index contributed by atoms with van der Waals surface area (Å²) >= 11 is 0. The minimum atomic E-state index is -2.80. The molecule has 2 N–H and O–H groups in total. The molecule has 0 saturated carbocycles. The Kier molecular flexibility index (Phi) is 2.57. The summed E-state index contributed by atoms with van der Waals surface area (Å²) in [6.45, 7) is 0. The Morgan fingerprint density at radius 1 is 1.54 bits per heavy atom. The first-order valence-electron chi connectivity index (χ1n) is 3.30. The normalized spacial score (nSPS) is 13.2. The zero-order valence-corrected chi connectivity index (χ0v) is 6.31. The average molecular weight is 192 g/mol. The molecule has 0 aliphatic heterocycles. The van der Waals surface area contributed by atoms with E-state index < -0.39 is 23.3 Å². The van der Waals surface area contributed by atoms with Crippen LogP contribution in [-0.2, 0) is 0 Å². The van der Waals surface area contributed by atoms with Crippen LogP contribution in [0.15, 0.2) is 16.5 Å². The number of nitrogens with zero attached hydrogens (tertiary/aromatic N) is 1. The van der Waals surface area contributed by atoms with E-state index in [1.807, 2.05) is 0 Å². The van der Waals surface area contributed by atoms with Gasteiger partial charge in [0.05, 0.1) is 6.07 Å². The van der Waals surface area contributed by atoms with Crippen LogP contribution < -0.4 is 5.73 Å². The van der Waals surface area contributed by atoms with Crippen molar-refractivity contribution >= 4 is 5.88 Å². The lowest BCUT2D eigenvalue weighted by atomic mass is 10.2. The van der Waals surface area contributed by atoms with E-state index in [1.54, 1.807) is 0 Å². The SMILES string of the molecule is N[C@H](c1ccc([N+](=O)[O-])o1)C(F)F. The second-order valence-corrected chi connectivity index (χ2v) is 2.29. The predicted octanol–water partition coefficient (Wildman–Crippen LogP) is 1.45. The molecule has 0 aromatic carbocycles. The van der Waals surface area contributed by atoms with Crippen LogP contribution in [0.4, 0.5) is 14.7 Å². The van der Waals surface area contributed by atoms with E-state index in [9.17, 15) is 18.9 Å². The van der Waals surface area contributed by atoms with Crippen LogP contribution in [-0.4, -0.2) is 11.3 Å². The molecule has 72 valence electrons. The molecule has 0 aliphatic carbocycles. The Labute approximate surface area is 71.3 Å². The standard InChI is InChI=1S/C6H6F2N2O3/c7-6(8)5(9)3-1-2-4(13-3)10(11)12/h1-2,5-6H,9H2/t5-/m1/s1. The van der Waals surface area contributed by atoms with Crippen molar-refractivity contribution in [3.63, 3.8) is 0 Å². The van der Waals surface area contributed by atoms with Crippen LogP contribution in [0.2, 0.25) is 0 Å². The van der Waals surface area contributed by atoms with Crippen molar-refractivity contribution in [1.82, 2.24) is 0 Å². The molecule has 7 heteroatoms. The van der Waals surface area contributed by atoms with Gasteiger partial charge in [-0.15, -0.1) is 0 Å². The lowest BCUT2D eigenvalue weighted by Crippen LogP contribution is -2.17. The largest absolute Gasteiger partial charge is 0.433 e. The highest BCUT2D eigenvalue weighted by Gasteiger charge is 2.23. The molecule has 1 heterocycles. The van der Waals surface area contributed by atoms with Crippen molar-refractivity contribution in [2.75, 3.05) is 0 Å². The summed E-state index contributed by atoms with van der Waals surface area (Å²) in [7, 11) is 0. The Balaban J connectivity index is 2.85. The number of alkyl halides is 2. The van der Waals surface area contributed by atoms with E-state index >= 15 is 0 Å². The summed E-state index contributed by atoms with van der Waals surface area (Å²) < 4.78 is 28.4. The summed E-state index contributed by atoms with van der Waals surface area (Å²) in [6, 6.07) is 0.431. The Hall–Kier alpha value is -1.50. The van der Waals surface area contributed by atoms with E-state index in [0.29, 0.717) is 0 Å². The highest BCUT2D eigenvalue weighted by Crippen LogP contribution is 2.23. The molecule has 1 rings (SSSR count). The van der Waals surface area contributed by atoms with Crippen LogP contribution in [0.3, 0.4) is 0 Å². The zero-order valence-electron chi connectivity index (χ0n) is 6.31. The monoisotopic (exact) mass is 192 g/mol. The molecular formula is C6H6F2N2O3. The fourth-order valence-electron chi connectivity index (χ4n) is 0.744. The fourth-order valence-corrected chi connectivity index (χ4v) is 0.744. The van der Waals surface area contributed by atoms with E-state index in [4.69, 9.17) is 5.73 Å². The third kappa shape index (κ3) is 2.00. The third-order valence-corrected chi connectivity index (χ3v) is 1.39. The lowest BCUT2D eigenvalue weighted by Gasteiger charge is -2.04. The molecule has 1 aromatic rings. The third-order valence-electron chi connectivity index (χ3n) is 1.39. The molecule has 0 fully saturated rings. The van der Waals surface area contributed by atoms with Crippen molar-refractivity contribution < 1.29 is 18.1 Å². The van der Waals surface area contributed by atoms with Crippen LogP contribution in [0.25, 0.3) is 0 Å². The first-order valence-corrected chi connectivity index (χ1v) is 3.30. The smallest absolute Gasteiger partial charge is 0.404 e. The molecule has 0 bridgehead atoms. The van der Waals surface area contributed by atoms with Gasteiger partial charge in [-0.3, -0.25) is 10.1 Å². The van der Waals surface area contributed by atoms with Crippen molar-refractivity contribution in [3.05, 3.63) is 28.0 Å². The van der Waals surface area contributed by atoms with E-state index in [1.165, 1.54) is 0 Å². The summed E-state index contributed by atoms with van der Waals surface area (Å²) in [5, 5.41) is 10.1. The van der Waals surface area contributed by atoms with Gasteiger partial charge in [0.2, 0.25) is 0 Å². The zero-order chi connectivity index (χ0) is 10.0. The number of nitro groups is 1. The van der Waals surface area contributed by atoms with Crippen molar-refractivity contribution in [2.45, 2.75) is 12.5 Å².